The first-order chi connectivity index (χ1) is 9.65. The molecule has 0 aliphatic carbocycles. The molecule has 5 heteroatoms. The summed E-state index contributed by atoms with van der Waals surface area (Å²) in [5.74, 6) is 0.252. The highest BCUT2D eigenvalue weighted by atomic mass is 16.5. The Bertz CT molecular complexity index is 622. The summed E-state index contributed by atoms with van der Waals surface area (Å²) in [6.45, 7) is 3.13. The molecule has 20 heavy (non-hydrogen) atoms. The van der Waals surface area contributed by atoms with Crippen molar-refractivity contribution in [2.75, 3.05) is 13.1 Å². The van der Waals surface area contributed by atoms with E-state index < -0.39 is 6.10 Å². The van der Waals surface area contributed by atoms with Gasteiger partial charge in [0, 0.05) is 18.5 Å². The molecule has 1 N–H and O–H groups in total. The number of likely N-dealkylation sites (tertiary alicyclic amines) is 1. The van der Waals surface area contributed by atoms with Gasteiger partial charge in [0.25, 0.3) is 0 Å². The number of amides is 1. The minimum Gasteiger partial charge on any atom is -0.391 e. The number of hydrogen-bond acceptors (Lipinski definition) is 4. The molecule has 2 atom stereocenters. The first-order valence-corrected chi connectivity index (χ1v) is 6.94. The van der Waals surface area contributed by atoms with Gasteiger partial charge in [0.1, 0.15) is 5.69 Å². The fourth-order valence-corrected chi connectivity index (χ4v) is 2.60. The van der Waals surface area contributed by atoms with Gasteiger partial charge in [-0.05, 0) is 24.5 Å². The number of aliphatic hydroxyl groups is 1. The normalized spacial score (nSPS) is 23.2. The molecule has 2 heterocycles. The van der Waals surface area contributed by atoms with Crippen LogP contribution in [0.3, 0.4) is 0 Å². The Morgan fingerprint density at radius 2 is 2.30 bits per heavy atom. The van der Waals surface area contributed by atoms with Gasteiger partial charge >= 0.3 is 0 Å². The smallest absolute Gasteiger partial charge is 0.228 e. The Balaban J connectivity index is 1.73. The molecule has 0 spiro atoms. The lowest BCUT2D eigenvalue weighted by Crippen LogP contribution is -2.46. The van der Waals surface area contributed by atoms with E-state index in [-0.39, 0.29) is 18.2 Å². The van der Waals surface area contributed by atoms with E-state index in [1.165, 1.54) is 0 Å². The van der Waals surface area contributed by atoms with Crippen LogP contribution in [0.1, 0.15) is 19.0 Å². The van der Waals surface area contributed by atoms with Crippen LogP contribution in [0.15, 0.2) is 28.8 Å². The van der Waals surface area contributed by atoms with E-state index in [2.05, 4.69) is 5.16 Å². The zero-order valence-electron chi connectivity index (χ0n) is 11.5. The average Bonchev–Trinajstić information content (AvgIpc) is 2.85. The van der Waals surface area contributed by atoms with E-state index in [1.807, 2.05) is 31.2 Å². The monoisotopic (exact) mass is 274 g/mol. The van der Waals surface area contributed by atoms with E-state index >= 15 is 0 Å². The zero-order chi connectivity index (χ0) is 14.1. The van der Waals surface area contributed by atoms with Crippen molar-refractivity contribution in [1.29, 1.82) is 0 Å². The molecule has 5 nitrogen and oxygen atoms in total. The number of aromatic nitrogens is 1. The number of β-amino-alcohol motifs (C(OH)–C–C–N with tert-alkyl or cyclic N) is 1. The van der Waals surface area contributed by atoms with Crippen LogP contribution in [0.4, 0.5) is 0 Å². The van der Waals surface area contributed by atoms with Gasteiger partial charge in [-0.25, -0.2) is 0 Å². The number of para-hydroxylation sites is 1. The summed E-state index contributed by atoms with van der Waals surface area (Å²) in [4.78, 5) is 14.0. The maximum Gasteiger partial charge on any atom is 0.228 e. The van der Waals surface area contributed by atoms with E-state index in [9.17, 15) is 9.90 Å². The second-order valence-corrected chi connectivity index (χ2v) is 5.48. The van der Waals surface area contributed by atoms with E-state index in [1.54, 1.807) is 4.90 Å². The van der Waals surface area contributed by atoms with Crippen LogP contribution in [0.25, 0.3) is 11.0 Å². The van der Waals surface area contributed by atoms with Crippen LogP contribution in [0, 0.1) is 5.92 Å². The number of piperidine rings is 1. The molecule has 0 bridgehead atoms. The molecule has 1 fully saturated rings. The molecule has 1 aliphatic rings. The molecule has 1 aromatic heterocycles. The molecule has 2 unspecified atom stereocenters. The van der Waals surface area contributed by atoms with Gasteiger partial charge in [-0.1, -0.05) is 24.2 Å². The molecular weight excluding hydrogens is 256 g/mol. The quantitative estimate of drug-likeness (QED) is 0.903. The van der Waals surface area contributed by atoms with Crippen LogP contribution in [0.2, 0.25) is 0 Å². The van der Waals surface area contributed by atoms with Crippen molar-refractivity contribution in [2.24, 2.45) is 5.92 Å². The van der Waals surface area contributed by atoms with Gasteiger partial charge in [-0.2, -0.15) is 0 Å². The van der Waals surface area contributed by atoms with Crippen molar-refractivity contribution in [2.45, 2.75) is 25.9 Å². The van der Waals surface area contributed by atoms with Gasteiger partial charge in [0.15, 0.2) is 5.58 Å². The second-order valence-electron chi connectivity index (χ2n) is 5.48. The van der Waals surface area contributed by atoms with Crippen molar-refractivity contribution in [3.63, 3.8) is 0 Å². The Morgan fingerprint density at radius 1 is 1.50 bits per heavy atom. The lowest BCUT2D eigenvalue weighted by atomic mass is 9.96. The average molecular weight is 274 g/mol. The summed E-state index contributed by atoms with van der Waals surface area (Å²) in [6.07, 6.45) is 0.631. The highest BCUT2D eigenvalue weighted by Crippen LogP contribution is 2.21. The van der Waals surface area contributed by atoms with Gasteiger partial charge < -0.3 is 14.5 Å². The molecule has 1 aromatic carbocycles. The summed E-state index contributed by atoms with van der Waals surface area (Å²) >= 11 is 0. The molecule has 1 saturated heterocycles. The third kappa shape index (κ3) is 2.41. The molecule has 1 aliphatic heterocycles. The van der Waals surface area contributed by atoms with Crippen molar-refractivity contribution < 1.29 is 14.4 Å². The maximum absolute atomic E-state index is 12.3. The number of carbonyl (C=O) groups excluding carboxylic acids is 1. The van der Waals surface area contributed by atoms with Crippen LogP contribution in [-0.2, 0) is 11.2 Å². The molecular formula is C15H18N2O3. The first-order valence-electron chi connectivity index (χ1n) is 6.94. The summed E-state index contributed by atoms with van der Waals surface area (Å²) < 4.78 is 5.21. The first kappa shape index (κ1) is 13.1. The van der Waals surface area contributed by atoms with Gasteiger partial charge in [0.2, 0.25) is 5.91 Å². The third-order valence-corrected chi connectivity index (χ3v) is 4.04. The molecule has 106 valence electrons. The number of aliphatic hydroxyl groups excluding tert-OH is 1. The Morgan fingerprint density at radius 3 is 3.10 bits per heavy atom. The number of hydrogen-bond donors (Lipinski definition) is 1. The molecule has 0 radical (unpaired) electrons. The van der Waals surface area contributed by atoms with Gasteiger partial charge in [-0.15, -0.1) is 0 Å². The molecule has 2 aromatic rings. The molecule has 0 saturated carbocycles. The van der Waals surface area contributed by atoms with Crippen molar-refractivity contribution in [3.8, 4) is 0 Å². The van der Waals surface area contributed by atoms with E-state index in [4.69, 9.17) is 4.52 Å². The summed E-state index contributed by atoms with van der Waals surface area (Å²) in [6, 6.07) is 7.52. The summed E-state index contributed by atoms with van der Waals surface area (Å²) in [5.41, 5.74) is 1.36. The van der Waals surface area contributed by atoms with Crippen molar-refractivity contribution in [3.05, 3.63) is 30.0 Å². The highest BCUT2D eigenvalue weighted by Gasteiger charge is 2.27. The highest BCUT2D eigenvalue weighted by molar-refractivity contribution is 5.86. The lowest BCUT2D eigenvalue weighted by Gasteiger charge is -2.34. The van der Waals surface area contributed by atoms with Gasteiger partial charge in [-0.3, -0.25) is 4.79 Å². The van der Waals surface area contributed by atoms with E-state index in [0.717, 1.165) is 11.8 Å². The van der Waals surface area contributed by atoms with Crippen LogP contribution >= 0.6 is 0 Å². The largest absolute Gasteiger partial charge is 0.391 e. The minimum atomic E-state index is -0.429. The molecule has 3 rings (SSSR count). The zero-order valence-corrected chi connectivity index (χ0v) is 11.5. The Kier molecular flexibility index (Phi) is 3.44. The minimum absolute atomic E-state index is 0.00463. The SMILES string of the molecule is CC1CCN(C(=O)Cc2noc3ccccc23)CC1O. The van der Waals surface area contributed by atoms with E-state index in [0.29, 0.717) is 24.4 Å². The molecule has 1 amide bonds. The van der Waals surface area contributed by atoms with Crippen molar-refractivity contribution in [1.82, 2.24) is 10.1 Å². The summed E-state index contributed by atoms with van der Waals surface area (Å²) in [5, 5.41) is 14.7. The third-order valence-electron chi connectivity index (χ3n) is 4.04. The Hall–Kier alpha value is -1.88. The van der Waals surface area contributed by atoms with Crippen molar-refractivity contribution >= 4 is 16.9 Å². The maximum atomic E-state index is 12.3. The van der Waals surface area contributed by atoms with Gasteiger partial charge in [0.05, 0.1) is 12.5 Å². The van der Waals surface area contributed by atoms with Crippen LogP contribution < -0.4 is 0 Å². The number of benzene rings is 1. The fourth-order valence-electron chi connectivity index (χ4n) is 2.60. The number of rotatable bonds is 2. The predicted molar refractivity (Wildman–Crippen MR) is 74.1 cm³/mol. The Labute approximate surface area is 117 Å². The number of nitrogens with zero attached hydrogens (tertiary/aromatic N) is 2. The topological polar surface area (TPSA) is 66.6 Å². The second kappa shape index (κ2) is 5.25. The van der Waals surface area contributed by atoms with Crippen LogP contribution in [-0.4, -0.2) is 40.3 Å². The lowest BCUT2D eigenvalue weighted by molar-refractivity contribution is -0.134. The predicted octanol–water partition coefficient (Wildman–Crippen LogP) is 1.60. The van der Waals surface area contributed by atoms with Crippen LogP contribution in [0.5, 0.6) is 0 Å². The summed E-state index contributed by atoms with van der Waals surface area (Å²) in [7, 11) is 0. The number of fused-ring (bicyclic) bond motifs is 1. The fraction of sp³-hybridized carbons (Fsp3) is 0.467. The standard InChI is InChI=1S/C15H18N2O3/c1-10-6-7-17(9-13(10)18)15(19)8-12-11-4-2-3-5-14(11)20-16-12/h2-5,10,13,18H,6-9H2,1H3. The number of carbonyl (C=O) groups is 1.